The molecule has 2 heteroatoms. The molecule has 176 valence electrons. The minimum Gasteiger partial charge on any atom is -0.463 e. The van der Waals surface area contributed by atoms with Gasteiger partial charge in [0.25, 0.3) is 0 Å². The van der Waals surface area contributed by atoms with Gasteiger partial charge in [0.1, 0.15) is 6.10 Å². The molecule has 10 unspecified atom stereocenters. The van der Waals surface area contributed by atoms with E-state index in [0.29, 0.717) is 16.2 Å². The molecule has 5 fully saturated rings. The average Bonchev–Trinajstić information content (AvgIpc) is 3.20. The first-order chi connectivity index (χ1) is 14.6. The number of esters is 1. The van der Waals surface area contributed by atoms with Gasteiger partial charge in [0.2, 0.25) is 0 Å². The highest BCUT2D eigenvalue weighted by molar-refractivity contribution is 5.66. The Kier molecular flexibility index (Phi) is 5.38. The van der Waals surface area contributed by atoms with Crippen LogP contribution in [-0.4, -0.2) is 12.1 Å². The van der Waals surface area contributed by atoms with E-state index >= 15 is 0 Å². The van der Waals surface area contributed by atoms with Crippen LogP contribution in [0.5, 0.6) is 0 Å². The Labute approximate surface area is 191 Å². The van der Waals surface area contributed by atoms with Crippen LogP contribution in [-0.2, 0) is 9.53 Å². The Morgan fingerprint density at radius 3 is 2.42 bits per heavy atom. The zero-order valence-electron chi connectivity index (χ0n) is 21.2. The zero-order valence-corrected chi connectivity index (χ0v) is 21.2. The van der Waals surface area contributed by atoms with Gasteiger partial charge in [-0.25, -0.2) is 0 Å². The first-order valence-electron chi connectivity index (χ1n) is 13.8. The summed E-state index contributed by atoms with van der Waals surface area (Å²) in [4.78, 5) is 11.6. The molecule has 31 heavy (non-hydrogen) atoms. The molecule has 0 aromatic heterocycles. The summed E-state index contributed by atoms with van der Waals surface area (Å²) in [5.74, 6) is 6.42. The number of carbonyl (C=O) groups excluding carboxylic acids is 1. The molecule has 0 aromatic carbocycles. The van der Waals surface area contributed by atoms with Crippen molar-refractivity contribution in [3.63, 3.8) is 0 Å². The maximum atomic E-state index is 11.6. The normalized spacial score (nSPS) is 50.9. The largest absolute Gasteiger partial charge is 0.463 e. The molecule has 0 radical (unpaired) electrons. The van der Waals surface area contributed by atoms with Gasteiger partial charge in [-0.15, -0.1) is 0 Å². The highest BCUT2D eigenvalue weighted by Crippen LogP contribution is 2.85. The molecule has 0 heterocycles. The van der Waals surface area contributed by atoms with E-state index in [0.717, 1.165) is 47.8 Å². The summed E-state index contributed by atoms with van der Waals surface area (Å²) in [7, 11) is 0. The van der Waals surface area contributed by atoms with E-state index in [1.54, 1.807) is 6.92 Å². The molecule has 5 aliphatic carbocycles. The molecule has 5 saturated carbocycles. The molecule has 0 saturated heterocycles. The summed E-state index contributed by atoms with van der Waals surface area (Å²) in [5, 5.41) is 0. The summed E-state index contributed by atoms with van der Waals surface area (Å²) in [6, 6.07) is 0. The predicted molar refractivity (Wildman–Crippen MR) is 126 cm³/mol. The molecular formula is C29H48O2. The highest BCUT2D eigenvalue weighted by Gasteiger charge is 2.79. The molecular weight excluding hydrogens is 380 g/mol. The van der Waals surface area contributed by atoms with E-state index in [1.165, 1.54) is 64.2 Å². The lowest BCUT2D eigenvalue weighted by Crippen LogP contribution is -2.47. The summed E-state index contributed by atoms with van der Waals surface area (Å²) >= 11 is 0. The number of carbonyl (C=O) groups is 1. The van der Waals surface area contributed by atoms with Gasteiger partial charge in [-0.1, -0.05) is 53.9 Å². The minimum atomic E-state index is -0.0738. The SMILES string of the molecule is CC(=O)OC1CCC2(C)C3CCC4(C)C(C(C)CCCC(C)C)CCC4C3C3CC32C1. The monoisotopic (exact) mass is 428 g/mol. The van der Waals surface area contributed by atoms with E-state index in [-0.39, 0.29) is 12.1 Å². The molecule has 10 atom stereocenters. The molecule has 5 aliphatic rings. The molecule has 1 spiro atoms. The second-order valence-corrected chi connectivity index (χ2v) is 13.7. The molecule has 0 aromatic rings. The first-order valence-corrected chi connectivity index (χ1v) is 13.8. The maximum Gasteiger partial charge on any atom is 0.302 e. The van der Waals surface area contributed by atoms with Crippen molar-refractivity contribution < 1.29 is 9.53 Å². The molecule has 0 bridgehead atoms. The Balaban J connectivity index is 1.33. The third-order valence-electron chi connectivity index (χ3n) is 12.0. The fourth-order valence-electron chi connectivity index (χ4n) is 10.6. The van der Waals surface area contributed by atoms with Gasteiger partial charge in [0, 0.05) is 6.92 Å². The van der Waals surface area contributed by atoms with E-state index in [4.69, 9.17) is 4.74 Å². The summed E-state index contributed by atoms with van der Waals surface area (Å²) in [5.41, 5.74) is 1.61. The van der Waals surface area contributed by atoms with Crippen molar-refractivity contribution in [3.05, 3.63) is 0 Å². The standard InChI is InChI=1S/C29H48O2/c1-18(2)8-7-9-19(3)22-10-11-23-26-24(13-14-27(22,23)5)28(6)15-12-21(31-20(4)30)16-29(28)17-25(26)29/h18-19,21-26H,7-17H2,1-6H3. The average molecular weight is 429 g/mol. The van der Waals surface area contributed by atoms with Gasteiger partial charge in [0.05, 0.1) is 0 Å². The van der Waals surface area contributed by atoms with Gasteiger partial charge in [-0.3, -0.25) is 4.79 Å². The molecule has 5 rings (SSSR count). The van der Waals surface area contributed by atoms with Gasteiger partial charge < -0.3 is 4.74 Å². The minimum absolute atomic E-state index is 0.0738. The second kappa shape index (κ2) is 7.49. The quantitative estimate of drug-likeness (QED) is 0.406. The van der Waals surface area contributed by atoms with Crippen LogP contribution in [0.3, 0.4) is 0 Å². The van der Waals surface area contributed by atoms with Crippen molar-refractivity contribution >= 4 is 5.97 Å². The van der Waals surface area contributed by atoms with Gasteiger partial charge in [-0.2, -0.15) is 0 Å². The lowest BCUT2D eigenvalue weighted by Gasteiger charge is -2.54. The smallest absolute Gasteiger partial charge is 0.302 e. The van der Waals surface area contributed by atoms with Crippen molar-refractivity contribution in [2.45, 2.75) is 118 Å². The van der Waals surface area contributed by atoms with Crippen molar-refractivity contribution in [2.24, 2.45) is 57.7 Å². The van der Waals surface area contributed by atoms with Crippen LogP contribution in [0.1, 0.15) is 112 Å². The van der Waals surface area contributed by atoms with Gasteiger partial charge in [0.15, 0.2) is 0 Å². The fourth-order valence-corrected chi connectivity index (χ4v) is 10.6. The van der Waals surface area contributed by atoms with Crippen molar-refractivity contribution in [1.82, 2.24) is 0 Å². The number of fused-ring (bicyclic) bond motifs is 5. The molecule has 0 aliphatic heterocycles. The van der Waals surface area contributed by atoms with Crippen LogP contribution in [0.4, 0.5) is 0 Å². The summed E-state index contributed by atoms with van der Waals surface area (Å²) < 4.78 is 5.76. The van der Waals surface area contributed by atoms with Crippen LogP contribution in [0.25, 0.3) is 0 Å². The molecule has 0 N–H and O–H groups in total. The van der Waals surface area contributed by atoms with E-state index in [1.807, 2.05) is 0 Å². The molecule has 0 amide bonds. The topological polar surface area (TPSA) is 26.3 Å². The number of hydrogen-bond donors (Lipinski definition) is 0. The lowest BCUT2D eigenvalue weighted by atomic mass is 9.51. The number of ether oxygens (including phenoxy) is 1. The lowest BCUT2D eigenvalue weighted by molar-refractivity contribution is -0.152. The predicted octanol–water partition coefficient (Wildman–Crippen LogP) is 7.65. The van der Waals surface area contributed by atoms with Crippen molar-refractivity contribution in [2.75, 3.05) is 0 Å². The Hall–Kier alpha value is -0.530. The zero-order chi connectivity index (χ0) is 22.2. The van der Waals surface area contributed by atoms with Crippen LogP contribution in [0.15, 0.2) is 0 Å². The Bertz CT molecular complexity index is 714. The van der Waals surface area contributed by atoms with Crippen LogP contribution in [0.2, 0.25) is 0 Å². The van der Waals surface area contributed by atoms with Crippen LogP contribution < -0.4 is 0 Å². The summed E-state index contributed by atoms with van der Waals surface area (Å²) in [6.07, 6.45) is 15.4. The number of rotatable bonds is 6. The van der Waals surface area contributed by atoms with Crippen LogP contribution >= 0.6 is 0 Å². The first kappa shape index (κ1) is 22.3. The van der Waals surface area contributed by atoms with Gasteiger partial charge >= 0.3 is 5.97 Å². The van der Waals surface area contributed by atoms with E-state index in [9.17, 15) is 4.79 Å². The third-order valence-corrected chi connectivity index (χ3v) is 12.0. The van der Waals surface area contributed by atoms with Crippen LogP contribution in [0, 0.1) is 57.7 Å². The Morgan fingerprint density at radius 1 is 0.935 bits per heavy atom. The third kappa shape index (κ3) is 3.19. The van der Waals surface area contributed by atoms with Crippen molar-refractivity contribution in [3.8, 4) is 0 Å². The van der Waals surface area contributed by atoms with Gasteiger partial charge in [-0.05, 0) is 109 Å². The number of hydrogen-bond acceptors (Lipinski definition) is 2. The highest BCUT2D eigenvalue weighted by atomic mass is 16.5. The molecule has 2 nitrogen and oxygen atoms in total. The van der Waals surface area contributed by atoms with E-state index < -0.39 is 0 Å². The maximum absolute atomic E-state index is 11.6. The van der Waals surface area contributed by atoms with Crippen molar-refractivity contribution in [1.29, 1.82) is 0 Å². The Morgan fingerprint density at radius 2 is 1.71 bits per heavy atom. The fraction of sp³-hybridized carbons (Fsp3) is 0.966. The second-order valence-electron chi connectivity index (χ2n) is 13.7. The summed E-state index contributed by atoms with van der Waals surface area (Å²) in [6.45, 7) is 14.3. The van der Waals surface area contributed by atoms with E-state index in [2.05, 4.69) is 34.6 Å².